The Kier molecular flexibility index (Phi) is 6.13. The van der Waals surface area contributed by atoms with Crippen molar-refractivity contribution in [3.63, 3.8) is 0 Å². The topological polar surface area (TPSA) is 120 Å². The highest BCUT2D eigenvalue weighted by Gasteiger charge is 2.36. The van der Waals surface area contributed by atoms with Gasteiger partial charge in [0.1, 0.15) is 12.1 Å². The van der Waals surface area contributed by atoms with Crippen LogP contribution in [0.5, 0.6) is 0 Å². The Morgan fingerprint density at radius 1 is 1.11 bits per heavy atom. The van der Waals surface area contributed by atoms with Crippen molar-refractivity contribution in [2.24, 2.45) is 7.05 Å². The van der Waals surface area contributed by atoms with Crippen molar-refractivity contribution in [3.8, 4) is 12.1 Å². The molecule has 0 spiro atoms. The highest BCUT2D eigenvalue weighted by molar-refractivity contribution is 5.88. The van der Waals surface area contributed by atoms with Gasteiger partial charge in [0.25, 0.3) is 5.56 Å². The SMILES string of the molecule is CC(c1ccc2nccnc2c1)N1C[C@H](CC#N)N(c2cc(=O)n(C)c3cn(CC#N)nc23)C[C@H]1C. The van der Waals surface area contributed by atoms with E-state index in [0.717, 1.165) is 16.6 Å². The minimum atomic E-state index is -0.148. The maximum absolute atomic E-state index is 12.8. The Morgan fingerprint density at radius 2 is 1.89 bits per heavy atom. The molecule has 4 heterocycles. The molecule has 1 saturated heterocycles. The maximum atomic E-state index is 12.8. The molecule has 0 saturated carbocycles. The van der Waals surface area contributed by atoms with Crippen molar-refractivity contribution in [2.45, 2.75) is 44.9 Å². The quantitative estimate of drug-likeness (QED) is 0.427. The van der Waals surface area contributed by atoms with Crippen molar-refractivity contribution in [2.75, 3.05) is 18.0 Å². The van der Waals surface area contributed by atoms with Crippen molar-refractivity contribution in [3.05, 3.63) is 58.8 Å². The lowest BCUT2D eigenvalue weighted by molar-refractivity contribution is 0.116. The third-order valence-corrected chi connectivity index (χ3v) is 7.17. The van der Waals surface area contributed by atoms with E-state index in [1.165, 1.54) is 0 Å². The molecule has 4 aromatic rings. The first-order valence-corrected chi connectivity index (χ1v) is 12.0. The van der Waals surface area contributed by atoms with Gasteiger partial charge in [-0.15, -0.1) is 0 Å². The van der Waals surface area contributed by atoms with Gasteiger partial charge in [-0.05, 0) is 31.5 Å². The predicted molar refractivity (Wildman–Crippen MR) is 136 cm³/mol. The second-order valence-electron chi connectivity index (χ2n) is 9.34. The average Bonchev–Trinajstić information content (AvgIpc) is 3.31. The summed E-state index contributed by atoms with van der Waals surface area (Å²) in [5, 5.41) is 23.4. The van der Waals surface area contributed by atoms with Crippen LogP contribution in [-0.4, -0.2) is 54.4 Å². The van der Waals surface area contributed by atoms with Crippen LogP contribution < -0.4 is 10.5 Å². The zero-order valence-corrected chi connectivity index (χ0v) is 20.5. The van der Waals surface area contributed by atoms with Crippen molar-refractivity contribution >= 4 is 27.8 Å². The van der Waals surface area contributed by atoms with Crippen molar-refractivity contribution in [1.82, 2.24) is 29.2 Å². The number of nitriles is 2. The van der Waals surface area contributed by atoms with E-state index >= 15 is 0 Å². The van der Waals surface area contributed by atoms with Gasteiger partial charge < -0.3 is 9.47 Å². The summed E-state index contributed by atoms with van der Waals surface area (Å²) in [6.07, 6.45) is 5.43. The molecule has 0 aliphatic carbocycles. The summed E-state index contributed by atoms with van der Waals surface area (Å²) in [6.45, 7) is 5.73. The summed E-state index contributed by atoms with van der Waals surface area (Å²) in [6, 6.07) is 12.3. The van der Waals surface area contributed by atoms with E-state index in [9.17, 15) is 10.1 Å². The van der Waals surface area contributed by atoms with Crippen LogP contribution in [0.3, 0.4) is 0 Å². The summed E-state index contributed by atoms with van der Waals surface area (Å²) in [5.41, 5.74) is 4.76. The Bertz CT molecular complexity index is 1570. The third-order valence-electron chi connectivity index (χ3n) is 7.17. The number of piperazine rings is 1. The molecule has 1 aromatic carbocycles. The highest BCUT2D eigenvalue weighted by Crippen LogP contribution is 2.33. The number of anilines is 1. The number of nitrogens with zero attached hydrogens (tertiary/aromatic N) is 9. The molecular weight excluding hydrogens is 454 g/mol. The van der Waals surface area contributed by atoms with Gasteiger partial charge >= 0.3 is 0 Å². The van der Waals surface area contributed by atoms with Gasteiger partial charge in [-0.3, -0.25) is 24.3 Å². The van der Waals surface area contributed by atoms with Crippen molar-refractivity contribution in [1.29, 1.82) is 10.5 Å². The smallest absolute Gasteiger partial charge is 0.252 e. The molecule has 5 rings (SSSR count). The molecule has 0 bridgehead atoms. The summed E-state index contributed by atoms with van der Waals surface area (Å²) in [4.78, 5) is 26.2. The zero-order valence-electron chi connectivity index (χ0n) is 20.5. The van der Waals surface area contributed by atoms with Gasteiger partial charge in [0.2, 0.25) is 0 Å². The fourth-order valence-electron chi connectivity index (χ4n) is 5.22. The fourth-order valence-corrected chi connectivity index (χ4v) is 5.22. The van der Waals surface area contributed by atoms with Gasteiger partial charge in [-0.25, -0.2) is 0 Å². The largest absolute Gasteiger partial charge is 0.363 e. The molecule has 0 N–H and O–H groups in total. The summed E-state index contributed by atoms with van der Waals surface area (Å²) >= 11 is 0. The van der Waals surface area contributed by atoms with Crippen LogP contribution in [0.25, 0.3) is 22.1 Å². The standard InChI is InChI=1S/C26H27N9O/c1-17-14-35(23-13-25(36)32(3)24-16-33(11-8-28)31-26(23)24)20(6-7-27)15-34(17)18(2)19-4-5-21-22(12-19)30-10-9-29-21/h4-5,9-10,12-13,16-18,20H,6,11,14-15H2,1-3H3/t17-,18?,20+/m1/s1. The first-order valence-electron chi connectivity index (χ1n) is 12.0. The van der Waals surface area contributed by atoms with E-state index in [1.807, 2.05) is 6.07 Å². The Balaban J connectivity index is 1.50. The Morgan fingerprint density at radius 3 is 2.64 bits per heavy atom. The number of fused-ring (bicyclic) bond motifs is 2. The molecule has 182 valence electrons. The Hall–Kier alpha value is -4.28. The van der Waals surface area contributed by atoms with Gasteiger partial charge in [0, 0.05) is 50.7 Å². The molecule has 0 amide bonds. The van der Waals surface area contributed by atoms with Crippen molar-refractivity contribution < 1.29 is 0 Å². The van der Waals surface area contributed by atoms with E-state index in [1.54, 1.807) is 41.0 Å². The number of hydrogen-bond acceptors (Lipinski definition) is 8. The first-order chi connectivity index (χ1) is 17.4. The second kappa shape index (κ2) is 9.40. The number of aryl methyl sites for hydroxylation is 1. The third kappa shape index (κ3) is 4.06. The van der Waals surface area contributed by atoms with Gasteiger partial charge in [0.15, 0.2) is 0 Å². The molecule has 36 heavy (non-hydrogen) atoms. The molecule has 3 aromatic heterocycles. The van der Waals surface area contributed by atoms with Crippen LogP contribution >= 0.6 is 0 Å². The lowest BCUT2D eigenvalue weighted by atomic mass is 9.98. The molecule has 3 atom stereocenters. The summed E-state index contributed by atoms with van der Waals surface area (Å²) in [5.74, 6) is 0. The minimum Gasteiger partial charge on any atom is -0.363 e. The number of hydrogen-bond donors (Lipinski definition) is 0. The van der Waals surface area contributed by atoms with Gasteiger partial charge in [0.05, 0.1) is 53.0 Å². The number of rotatable bonds is 5. The maximum Gasteiger partial charge on any atom is 0.252 e. The van der Waals surface area contributed by atoms with E-state index in [4.69, 9.17) is 5.26 Å². The average molecular weight is 482 g/mol. The second-order valence-corrected chi connectivity index (χ2v) is 9.34. The monoisotopic (exact) mass is 481 g/mol. The molecular formula is C26H27N9O. The minimum absolute atomic E-state index is 0.0990. The number of aromatic nitrogens is 5. The lowest BCUT2D eigenvalue weighted by Gasteiger charge is -2.48. The molecule has 0 radical (unpaired) electrons. The normalized spacial score (nSPS) is 19.3. The summed E-state index contributed by atoms with van der Waals surface area (Å²) < 4.78 is 3.10. The first kappa shape index (κ1) is 23.5. The summed E-state index contributed by atoms with van der Waals surface area (Å²) in [7, 11) is 1.70. The molecule has 10 nitrogen and oxygen atoms in total. The van der Waals surface area contributed by atoms with Crippen LogP contribution in [0.4, 0.5) is 5.69 Å². The molecule has 1 aliphatic heterocycles. The lowest BCUT2D eigenvalue weighted by Crippen LogP contribution is -2.58. The van der Waals surface area contributed by atoms with E-state index < -0.39 is 0 Å². The van der Waals surface area contributed by atoms with E-state index in [2.05, 4.69) is 63.0 Å². The van der Waals surface area contributed by atoms with Crippen LogP contribution in [0.15, 0.2) is 47.7 Å². The predicted octanol–water partition coefficient (Wildman–Crippen LogP) is 2.76. The Labute approximate surface area is 208 Å². The zero-order chi connectivity index (χ0) is 25.4. The number of pyridine rings is 1. The van der Waals surface area contributed by atoms with E-state index in [0.29, 0.717) is 36.2 Å². The van der Waals surface area contributed by atoms with Crippen LogP contribution in [0, 0.1) is 22.7 Å². The van der Waals surface area contributed by atoms with E-state index in [-0.39, 0.29) is 30.2 Å². The molecule has 1 aliphatic rings. The fraction of sp³-hybridized carbons (Fsp3) is 0.385. The van der Waals surface area contributed by atoms with Gasteiger partial charge in [-0.1, -0.05) is 6.07 Å². The molecule has 1 unspecified atom stereocenters. The highest BCUT2D eigenvalue weighted by atomic mass is 16.1. The van der Waals surface area contributed by atoms with Crippen LogP contribution in [0.2, 0.25) is 0 Å². The molecule has 1 fully saturated rings. The van der Waals surface area contributed by atoms with Crippen LogP contribution in [-0.2, 0) is 13.6 Å². The number of benzene rings is 1. The van der Waals surface area contributed by atoms with Crippen LogP contribution in [0.1, 0.15) is 31.9 Å². The molecule has 10 heteroatoms. The van der Waals surface area contributed by atoms with Gasteiger partial charge in [-0.2, -0.15) is 15.6 Å².